The molecule has 0 spiro atoms. The number of hydrogen-bond donors (Lipinski definition) is 1. The highest BCUT2D eigenvalue weighted by molar-refractivity contribution is 5.82. The summed E-state index contributed by atoms with van der Waals surface area (Å²) in [6, 6.07) is 10.3. The zero-order valence-electron chi connectivity index (χ0n) is 9.48. The van der Waals surface area contributed by atoms with E-state index in [1.807, 2.05) is 24.4 Å². The van der Waals surface area contributed by atoms with Gasteiger partial charge in [-0.05, 0) is 43.2 Å². The highest BCUT2D eigenvalue weighted by atomic mass is 14.6. The van der Waals surface area contributed by atoms with E-state index in [4.69, 9.17) is 5.73 Å². The number of nitrogens with zero attached hydrogens (tertiary/aromatic N) is 1. The van der Waals surface area contributed by atoms with Crippen LogP contribution in [-0.4, -0.2) is 11.5 Å². The van der Waals surface area contributed by atoms with Crippen molar-refractivity contribution in [2.75, 3.05) is 6.54 Å². The average Bonchev–Trinajstić information content (AvgIpc) is 2.35. The van der Waals surface area contributed by atoms with E-state index in [-0.39, 0.29) is 0 Å². The minimum atomic E-state index is 0.693. The molecule has 1 aromatic carbocycles. The standard InChI is InChI=1S/C14H16N2/c1-11(5-4-8-15)13-9-12-6-2-3-7-14(12)16-10-13/h2-3,5-7,9-10H,4,8,15H2,1H3. The molecule has 0 saturated heterocycles. The van der Waals surface area contributed by atoms with Gasteiger partial charge < -0.3 is 5.73 Å². The predicted molar refractivity (Wildman–Crippen MR) is 69.1 cm³/mol. The summed E-state index contributed by atoms with van der Waals surface area (Å²) in [6.07, 6.45) is 5.00. The molecule has 0 aliphatic carbocycles. The second kappa shape index (κ2) is 4.90. The SMILES string of the molecule is CC(=CCCN)c1cnc2ccccc2c1. The normalized spacial score (nSPS) is 12.0. The molecule has 0 atom stereocenters. The predicted octanol–water partition coefficient (Wildman–Crippen LogP) is 2.99. The van der Waals surface area contributed by atoms with Gasteiger partial charge in [0.2, 0.25) is 0 Å². The Morgan fingerprint density at radius 3 is 3.00 bits per heavy atom. The summed E-state index contributed by atoms with van der Waals surface area (Å²) in [5.74, 6) is 0. The Kier molecular flexibility index (Phi) is 3.32. The van der Waals surface area contributed by atoms with Crippen LogP contribution >= 0.6 is 0 Å². The van der Waals surface area contributed by atoms with E-state index >= 15 is 0 Å². The number of nitrogens with two attached hydrogens (primary N) is 1. The zero-order chi connectivity index (χ0) is 11.4. The van der Waals surface area contributed by atoms with Crippen LogP contribution in [0.2, 0.25) is 0 Å². The summed E-state index contributed by atoms with van der Waals surface area (Å²) in [5.41, 5.74) is 8.94. The molecule has 2 nitrogen and oxygen atoms in total. The van der Waals surface area contributed by atoms with E-state index in [1.165, 1.54) is 16.5 Å². The molecule has 2 heteroatoms. The van der Waals surface area contributed by atoms with Gasteiger partial charge >= 0.3 is 0 Å². The van der Waals surface area contributed by atoms with E-state index in [0.29, 0.717) is 6.54 Å². The molecule has 0 unspecified atom stereocenters. The van der Waals surface area contributed by atoms with E-state index in [1.54, 1.807) is 0 Å². The monoisotopic (exact) mass is 212 g/mol. The van der Waals surface area contributed by atoms with Gasteiger partial charge in [-0.15, -0.1) is 0 Å². The molecular formula is C14H16N2. The third-order valence-electron chi connectivity index (χ3n) is 2.66. The van der Waals surface area contributed by atoms with Crippen molar-refractivity contribution in [3.05, 3.63) is 48.2 Å². The summed E-state index contributed by atoms with van der Waals surface area (Å²) < 4.78 is 0. The van der Waals surface area contributed by atoms with Crippen LogP contribution in [0.1, 0.15) is 18.9 Å². The molecule has 0 aliphatic heterocycles. The second-order valence-corrected chi connectivity index (χ2v) is 3.88. The maximum absolute atomic E-state index is 5.49. The molecule has 0 fully saturated rings. The minimum Gasteiger partial charge on any atom is -0.330 e. The lowest BCUT2D eigenvalue weighted by Gasteiger charge is -2.03. The molecule has 0 amide bonds. The van der Waals surface area contributed by atoms with Crippen molar-refractivity contribution in [1.29, 1.82) is 0 Å². The first-order valence-corrected chi connectivity index (χ1v) is 5.53. The molecule has 2 N–H and O–H groups in total. The Hall–Kier alpha value is -1.67. The first kappa shape index (κ1) is 10.8. The number of benzene rings is 1. The van der Waals surface area contributed by atoms with E-state index in [2.05, 4.69) is 30.1 Å². The van der Waals surface area contributed by atoms with Crippen LogP contribution in [0.4, 0.5) is 0 Å². The van der Waals surface area contributed by atoms with Crippen LogP contribution in [0.5, 0.6) is 0 Å². The highest BCUT2D eigenvalue weighted by Gasteiger charge is 1.98. The van der Waals surface area contributed by atoms with Crippen LogP contribution in [0.25, 0.3) is 16.5 Å². The van der Waals surface area contributed by atoms with Gasteiger partial charge in [0.05, 0.1) is 5.52 Å². The van der Waals surface area contributed by atoms with Gasteiger partial charge in [-0.2, -0.15) is 0 Å². The van der Waals surface area contributed by atoms with E-state index in [0.717, 1.165) is 11.9 Å². The topological polar surface area (TPSA) is 38.9 Å². The molecule has 0 radical (unpaired) electrons. The fraction of sp³-hybridized carbons (Fsp3) is 0.214. The number of pyridine rings is 1. The Morgan fingerprint density at radius 1 is 1.38 bits per heavy atom. The van der Waals surface area contributed by atoms with E-state index < -0.39 is 0 Å². The van der Waals surface area contributed by atoms with Crippen LogP contribution in [0.3, 0.4) is 0 Å². The van der Waals surface area contributed by atoms with Crippen LogP contribution < -0.4 is 5.73 Å². The molecule has 2 aromatic rings. The summed E-state index contributed by atoms with van der Waals surface area (Å²) in [5, 5.41) is 1.18. The Bertz CT molecular complexity index is 515. The molecule has 1 heterocycles. The van der Waals surface area contributed by atoms with E-state index in [9.17, 15) is 0 Å². The van der Waals surface area contributed by atoms with Crippen LogP contribution in [0, 0.1) is 0 Å². The Morgan fingerprint density at radius 2 is 2.19 bits per heavy atom. The molecule has 16 heavy (non-hydrogen) atoms. The third-order valence-corrected chi connectivity index (χ3v) is 2.66. The molecule has 0 bridgehead atoms. The maximum Gasteiger partial charge on any atom is 0.0702 e. The van der Waals surface area contributed by atoms with Crippen molar-refractivity contribution in [1.82, 2.24) is 4.98 Å². The van der Waals surface area contributed by atoms with Crippen molar-refractivity contribution in [3.8, 4) is 0 Å². The van der Waals surface area contributed by atoms with Gasteiger partial charge in [0.15, 0.2) is 0 Å². The van der Waals surface area contributed by atoms with Gasteiger partial charge in [0.1, 0.15) is 0 Å². The van der Waals surface area contributed by atoms with Crippen LogP contribution in [0.15, 0.2) is 42.6 Å². The minimum absolute atomic E-state index is 0.693. The van der Waals surface area contributed by atoms with Crippen molar-refractivity contribution in [2.24, 2.45) is 5.73 Å². The first-order chi connectivity index (χ1) is 7.81. The number of para-hydroxylation sites is 1. The van der Waals surface area contributed by atoms with Crippen molar-refractivity contribution < 1.29 is 0 Å². The Labute approximate surface area is 95.8 Å². The maximum atomic E-state index is 5.49. The third kappa shape index (κ3) is 2.28. The van der Waals surface area contributed by atoms with Gasteiger partial charge in [0, 0.05) is 11.6 Å². The number of hydrogen-bond acceptors (Lipinski definition) is 2. The summed E-state index contributed by atoms with van der Waals surface area (Å²) in [6.45, 7) is 2.79. The summed E-state index contributed by atoms with van der Waals surface area (Å²) >= 11 is 0. The molecule has 2 rings (SSSR count). The second-order valence-electron chi connectivity index (χ2n) is 3.88. The zero-order valence-corrected chi connectivity index (χ0v) is 9.48. The fourth-order valence-corrected chi connectivity index (χ4v) is 1.70. The molecule has 82 valence electrons. The van der Waals surface area contributed by atoms with Gasteiger partial charge in [-0.1, -0.05) is 24.3 Å². The van der Waals surface area contributed by atoms with Crippen molar-refractivity contribution in [3.63, 3.8) is 0 Å². The lowest BCUT2D eigenvalue weighted by atomic mass is 10.1. The molecule has 1 aromatic heterocycles. The summed E-state index contributed by atoms with van der Waals surface area (Å²) in [7, 11) is 0. The molecule has 0 saturated carbocycles. The lowest BCUT2D eigenvalue weighted by Crippen LogP contribution is -1.96. The fourth-order valence-electron chi connectivity index (χ4n) is 1.70. The number of aromatic nitrogens is 1. The largest absolute Gasteiger partial charge is 0.330 e. The Balaban J connectivity index is 2.39. The number of fused-ring (bicyclic) bond motifs is 1. The average molecular weight is 212 g/mol. The lowest BCUT2D eigenvalue weighted by molar-refractivity contribution is 1.01. The molecule has 0 aliphatic rings. The van der Waals surface area contributed by atoms with Crippen molar-refractivity contribution >= 4 is 16.5 Å². The quantitative estimate of drug-likeness (QED) is 0.849. The van der Waals surface area contributed by atoms with Crippen molar-refractivity contribution in [2.45, 2.75) is 13.3 Å². The smallest absolute Gasteiger partial charge is 0.0702 e. The van der Waals surface area contributed by atoms with Crippen LogP contribution in [-0.2, 0) is 0 Å². The summed E-state index contributed by atoms with van der Waals surface area (Å²) in [4.78, 5) is 4.44. The van der Waals surface area contributed by atoms with Gasteiger partial charge in [-0.3, -0.25) is 4.98 Å². The highest BCUT2D eigenvalue weighted by Crippen LogP contribution is 2.18. The first-order valence-electron chi connectivity index (χ1n) is 5.53. The molecular weight excluding hydrogens is 196 g/mol. The number of rotatable bonds is 3. The van der Waals surface area contributed by atoms with Gasteiger partial charge in [-0.25, -0.2) is 0 Å². The number of allylic oxidation sites excluding steroid dienone is 1. The van der Waals surface area contributed by atoms with Gasteiger partial charge in [0.25, 0.3) is 0 Å².